The molecule has 152 valence electrons. The van der Waals surface area contributed by atoms with E-state index in [0.29, 0.717) is 28.8 Å². The summed E-state index contributed by atoms with van der Waals surface area (Å²) in [5.41, 5.74) is 3.51. The van der Waals surface area contributed by atoms with Crippen molar-refractivity contribution < 1.29 is 14.1 Å². The number of rotatable bonds is 7. The van der Waals surface area contributed by atoms with Crippen molar-refractivity contribution in [3.05, 3.63) is 71.3 Å². The Bertz CT molecular complexity index is 1130. The van der Waals surface area contributed by atoms with E-state index in [4.69, 9.17) is 9.26 Å². The molecule has 6 nitrogen and oxygen atoms in total. The van der Waals surface area contributed by atoms with Crippen LogP contribution in [0.3, 0.4) is 0 Å². The third kappa shape index (κ3) is 4.26. The van der Waals surface area contributed by atoms with E-state index >= 15 is 0 Å². The van der Waals surface area contributed by atoms with Gasteiger partial charge < -0.3 is 9.26 Å². The van der Waals surface area contributed by atoms with Gasteiger partial charge in [0.1, 0.15) is 22.8 Å². The number of carbonyl (C=O) groups excluding carboxylic acids is 1. The van der Waals surface area contributed by atoms with Gasteiger partial charge in [-0.25, -0.2) is 4.98 Å². The number of thiazole rings is 1. The maximum atomic E-state index is 12.9. The van der Waals surface area contributed by atoms with Crippen LogP contribution in [0.15, 0.2) is 64.5 Å². The number of nitrogens with one attached hydrogen (secondary N) is 1. The Labute approximate surface area is 178 Å². The van der Waals surface area contributed by atoms with E-state index in [1.807, 2.05) is 60.0 Å². The Morgan fingerprint density at radius 1 is 1.10 bits per heavy atom. The Kier molecular flexibility index (Phi) is 5.90. The highest BCUT2D eigenvalue weighted by atomic mass is 32.1. The van der Waals surface area contributed by atoms with Crippen molar-refractivity contribution in [2.24, 2.45) is 0 Å². The number of hydrogen-bond acceptors (Lipinski definition) is 6. The molecule has 0 radical (unpaired) electrons. The molecule has 2 aromatic carbocycles. The standard InChI is InChI=1S/C23H21N3O3S/c1-3-13-28-18-11-9-16(10-12-18)19-14-30-23(24-19)25-22(27)20-15(2)29-26-21(20)17-7-5-4-6-8-17/h4-12,14H,3,13H2,1-2H3,(H,24,25,27). The van der Waals surface area contributed by atoms with Crippen LogP contribution >= 0.6 is 11.3 Å². The zero-order valence-electron chi connectivity index (χ0n) is 16.7. The van der Waals surface area contributed by atoms with Crippen molar-refractivity contribution in [3.8, 4) is 28.3 Å². The summed E-state index contributed by atoms with van der Waals surface area (Å²) in [6.07, 6.45) is 0.967. The van der Waals surface area contributed by atoms with E-state index in [1.54, 1.807) is 6.92 Å². The molecule has 4 aromatic rings. The molecule has 0 bridgehead atoms. The molecule has 0 atom stereocenters. The van der Waals surface area contributed by atoms with Gasteiger partial charge in [-0.2, -0.15) is 0 Å². The summed E-state index contributed by atoms with van der Waals surface area (Å²) in [6.45, 7) is 4.49. The van der Waals surface area contributed by atoms with Gasteiger partial charge in [-0.05, 0) is 37.6 Å². The molecule has 0 fully saturated rings. The van der Waals surface area contributed by atoms with Crippen molar-refractivity contribution in [2.75, 3.05) is 11.9 Å². The minimum Gasteiger partial charge on any atom is -0.494 e. The fraction of sp³-hybridized carbons (Fsp3) is 0.174. The van der Waals surface area contributed by atoms with E-state index in [1.165, 1.54) is 11.3 Å². The number of benzene rings is 2. The fourth-order valence-electron chi connectivity index (χ4n) is 3.00. The normalized spacial score (nSPS) is 10.7. The number of hydrogen-bond donors (Lipinski definition) is 1. The average molecular weight is 420 g/mol. The summed E-state index contributed by atoms with van der Waals surface area (Å²) in [5, 5.41) is 9.36. The van der Waals surface area contributed by atoms with Crippen LogP contribution in [0, 0.1) is 6.92 Å². The Morgan fingerprint density at radius 3 is 2.60 bits per heavy atom. The molecule has 0 aliphatic carbocycles. The van der Waals surface area contributed by atoms with Crippen molar-refractivity contribution in [1.82, 2.24) is 10.1 Å². The van der Waals surface area contributed by atoms with Crippen LogP contribution in [0.25, 0.3) is 22.5 Å². The molecule has 30 heavy (non-hydrogen) atoms. The molecular weight excluding hydrogens is 398 g/mol. The minimum absolute atomic E-state index is 0.295. The molecule has 2 heterocycles. The summed E-state index contributed by atoms with van der Waals surface area (Å²) < 4.78 is 10.9. The van der Waals surface area contributed by atoms with Crippen LogP contribution in [0.5, 0.6) is 5.75 Å². The van der Waals surface area contributed by atoms with Gasteiger partial charge in [0, 0.05) is 16.5 Å². The summed E-state index contributed by atoms with van der Waals surface area (Å²) in [5.74, 6) is 1.00. The SMILES string of the molecule is CCCOc1ccc(-c2csc(NC(=O)c3c(-c4ccccc4)noc3C)n2)cc1. The third-order valence-electron chi connectivity index (χ3n) is 4.48. The first kappa shape index (κ1) is 19.8. The van der Waals surface area contributed by atoms with Gasteiger partial charge in [-0.15, -0.1) is 11.3 Å². The zero-order valence-corrected chi connectivity index (χ0v) is 17.5. The highest BCUT2D eigenvalue weighted by molar-refractivity contribution is 7.14. The van der Waals surface area contributed by atoms with Gasteiger partial charge >= 0.3 is 0 Å². The average Bonchev–Trinajstić information content (AvgIpc) is 3.40. The van der Waals surface area contributed by atoms with Crippen LogP contribution in [-0.2, 0) is 0 Å². The lowest BCUT2D eigenvalue weighted by Crippen LogP contribution is -2.13. The van der Waals surface area contributed by atoms with E-state index in [2.05, 4.69) is 22.4 Å². The topological polar surface area (TPSA) is 77.2 Å². The smallest absolute Gasteiger partial charge is 0.263 e. The van der Waals surface area contributed by atoms with E-state index in [0.717, 1.165) is 29.0 Å². The Balaban J connectivity index is 1.51. The summed E-state index contributed by atoms with van der Waals surface area (Å²) in [7, 11) is 0. The van der Waals surface area contributed by atoms with E-state index in [-0.39, 0.29) is 5.91 Å². The number of amides is 1. The van der Waals surface area contributed by atoms with Crippen LogP contribution < -0.4 is 10.1 Å². The first-order chi connectivity index (χ1) is 14.7. The number of anilines is 1. The van der Waals surface area contributed by atoms with E-state index < -0.39 is 0 Å². The number of aryl methyl sites for hydroxylation is 1. The van der Waals surface area contributed by atoms with Gasteiger partial charge in [-0.3, -0.25) is 10.1 Å². The summed E-state index contributed by atoms with van der Waals surface area (Å²) in [6, 6.07) is 17.3. The van der Waals surface area contributed by atoms with Crippen LogP contribution in [0.2, 0.25) is 0 Å². The van der Waals surface area contributed by atoms with Gasteiger partial charge in [-0.1, -0.05) is 42.4 Å². The van der Waals surface area contributed by atoms with Crippen molar-refractivity contribution in [1.29, 1.82) is 0 Å². The molecule has 1 N–H and O–H groups in total. The maximum Gasteiger partial charge on any atom is 0.263 e. The number of carbonyl (C=O) groups is 1. The van der Waals surface area contributed by atoms with Crippen molar-refractivity contribution >= 4 is 22.4 Å². The highest BCUT2D eigenvalue weighted by Gasteiger charge is 2.22. The molecule has 2 aromatic heterocycles. The zero-order chi connectivity index (χ0) is 20.9. The van der Waals surface area contributed by atoms with Crippen LogP contribution in [0.4, 0.5) is 5.13 Å². The first-order valence-corrected chi connectivity index (χ1v) is 10.6. The van der Waals surface area contributed by atoms with Gasteiger partial charge in [0.15, 0.2) is 5.13 Å². The third-order valence-corrected chi connectivity index (χ3v) is 5.24. The highest BCUT2D eigenvalue weighted by Crippen LogP contribution is 2.29. The molecule has 1 amide bonds. The maximum absolute atomic E-state index is 12.9. The predicted molar refractivity (Wildman–Crippen MR) is 118 cm³/mol. The Hall–Kier alpha value is -3.45. The van der Waals surface area contributed by atoms with Crippen LogP contribution in [-0.4, -0.2) is 22.7 Å². The Morgan fingerprint density at radius 2 is 1.87 bits per heavy atom. The molecule has 0 aliphatic heterocycles. The molecule has 4 rings (SSSR count). The molecule has 0 unspecified atom stereocenters. The summed E-state index contributed by atoms with van der Waals surface area (Å²) in [4.78, 5) is 17.5. The van der Waals surface area contributed by atoms with Gasteiger partial charge in [0.25, 0.3) is 5.91 Å². The number of aromatic nitrogens is 2. The molecule has 0 spiro atoms. The second kappa shape index (κ2) is 8.92. The fourth-order valence-corrected chi connectivity index (χ4v) is 3.71. The largest absolute Gasteiger partial charge is 0.494 e. The van der Waals surface area contributed by atoms with Crippen LogP contribution in [0.1, 0.15) is 29.5 Å². The predicted octanol–water partition coefficient (Wildman–Crippen LogP) is 5.81. The number of ether oxygens (including phenoxy) is 1. The lowest BCUT2D eigenvalue weighted by atomic mass is 10.1. The second-order valence-corrected chi connectivity index (χ2v) is 7.55. The van der Waals surface area contributed by atoms with Gasteiger partial charge in [0.05, 0.1) is 12.3 Å². The van der Waals surface area contributed by atoms with Crippen molar-refractivity contribution in [2.45, 2.75) is 20.3 Å². The summed E-state index contributed by atoms with van der Waals surface area (Å²) >= 11 is 1.37. The van der Waals surface area contributed by atoms with Crippen molar-refractivity contribution in [3.63, 3.8) is 0 Å². The monoisotopic (exact) mass is 419 g/mol. The molecule has 7 heteroatoms. The lowest BCUT2D eigenvalue weighted by Gasteiger charge is -2.05. The molecule has 0 saturated carbocycles. The minimum atomic E-state index is -0.295. The first-order valence-electron chi connectivity index (χ1n) is 9.67. The number of nitrogens with zero attached hydrogens (tertiary/aromatic N) is 2. The quantitative estimate of drug-likeness (QED) is 0.409. The lowest BCUT2D eigenvalue weighted by molar-refractivity contribution is 0.102. The van der Waals surface area contributed by atoms with E-state index in [9.17, 15) is 4.79 Å². The second-order valence-electron chi connectivity index (χ2n) is 6.69. The molecular formula is C23H21N3O3S. The van der Waals surface area contributed by atoms with Gasteiger partial charge in [0.2, 0.25) is 0 Å². The molecule has 0 aliphatic rings. The molecule has 0 saturated heterocycles.